The van der Waals surface area contributed by atoms with Gasteiger partial charge in [0.25, 0.3) is 5.89 Å². The number of allylic oxidation sites excluding steroid dienone is 1. The SMILES string of the molecule is CC1=C(c2nc(-c3ccccc3)no2)C(c2ccc(C)cc2)NC(=O)N1c1ccc(C)c(C)c1. The topological polar surface area (TPSA) is 71.3 Å². The number of amides is 2. The van der Waals surface area contributed by atoms with E-state index in [-0.39, 0.29) is 6.03 Å². The van der Waals surface area contributed by atoms with E-state index in [4.69, 9.17) is 9.51 Å². The number of hydrogen-bond donors (Lipinski definition) is 1. The van der Waals surface area contributed by atoms with Gasteiger partial charge >= 0.3 is 6.03 Å². The molecule has 0 fully saturated rings. The molecule has 2 heterocycles. The lowest BCUT2D eigenvalue weighted by Gasteiger charge is -2.35. The Morgan fingerprint density at radius 3 is 2.32 bits per heavy atom. The second-order valence-electron chi connectivity index (χ2n) is 8.69. The first-order chi connectivity index (χ1) is 16.4. The molecule has 6 nitrogen and oxygen atoms in total. The third-order valence-corrected chi connectivity index (χ3v) is 6.33. The van der Waals surface area contributed by atoms with Crippen molar-refractivity contribution < 1.29 is 9.32 Å². The van der Waals surface area contributed by atoms with E-state index in [2.05, 4.69) is 17.4 Å². The molecule has 1 atom stereocenters. The minimum Gasteiger partial charge on any atom is -0.334 e. The lowest BCUT2D eigenvalue weighted by Crippen LogP contribution is -2.46. The molecular weight excluding hydrogens is 424 g/mol. The lowest BCUT2D eigenvalue weighted by molar-refractivity contribution is 0.244. The van der Waals surface area contributed by atoms with Gasteiger partial charge in [0.2, 0.25) is 5.82 Å². The fraction of sp³-hybridized carbons (Fsp3) is 0.179. The van der Waals surface area contributed by atoms with E-state index in [1.54, 1.807) is 4.90 Å². The molecule has 3 aromatic carbocycles. The van der Waals surface area contributed by atoms with Crippen LogP contribution in [0.3, 0.4) is 0 Å². The van der Waals surface area contributed by atoms with E-state index in [9.17, 15) is 4.79 Å². The number of carbonyl (C=O) groups is 1. The van der Waals surface area contributed by atoms with E-state index in [1.807, 2.05) is 93.6 Å². The van der Waals surface area contributed by atoms with Crippen LogP contribution < -0.4 is 10.2 Å². The Kier molecular flexibility index (Phi) is 5.49. The van der Waals surface area contributed by atoms with Crippen LogP contribution in [0, 0.1) is 20.8 Å². The summed E-state index contributed by atoms with van der Waals surface area (Å²) in [4.78, 5) is 19.8. The van der Waals surface area contributed by atoms with Crippen molar-refractivity contribution >= 4 is 17.3 Å². The number of rotatable bonds is 4. The zero-order valence-corrected chi connectivity index (χ0v) is 19.7. The third kappa shape index (κ3) is 3.88. The van der Waals surface area contributed by atoms with Gasteiger partial charge in [-0.15, -0.1) is 0 Å². The zero-order valence-electron chi connectivity index (χ0n) is 19.7. The van der Waals surface area contributed by atoms with Gasteiger partial charge in [0.1, 0.15) is 0 Å². The van der Waals surface area contributed by atoms with Crippen LogP contribution in [0.5, 0.6) is 0 Å². The van der Waals surface area contributed by atoms with Gasteiger partial charge in [-0.2, -0.15) is 4.98 Å². The predicted octanol–water partition coefficient (Wildman–Crippen LogP) is 6.36. The van der Waals surface area contributed by atoms with Gasteiger partial charge in [-0.1, -0.05) is 71.4 Å². The first-order valence-electron chi connectivity index (χ1n) is 11.3. The van der Waals surface area contributed by atoms with E-state index in [0.717, 1.165) is 39.2 Å². The molecule has 34 heavy (non-hydrogen) atoms. The molecule has 0 saturated carbocycles. The number of nitrogens with one attached hydrogen (secondary N) is 1. The molecule has 0 spiro atoms. The van der Waals surface area contributed by atoms with Gasteiger partial charge < -0.3 is 9.84 Å². The summed E-state index contributed by atoms with van der Waals surface area (Å²) in [6.07, 6.45) is 0. The summed E-state index contributed by atoms with van der Waals surface area (Å²) in [6.45, 7) is 8.06. The molecule has 1 aromatic heterocycles. The van der Waals surface area contributed by atoms with Crippen LogP contribution in [-0.4, -0.2) is 16.2 Å². The molecule has 4 aromatic rings. The Morgan fingerprint density at radius 2 is 1.62 bits per heavy atom. The fourth-order valence-corrected chi connectivity index (χ4v) is 4.24. The van der Waals surface area contributed by atoms with Gasteiger partial charge in [-0.25, -0.2) is 4.79 Å². The second kappa shape index (κ2) is 8.63. The Hall–Kier alpha value is -4.19. The van der Waals surface area contributed by atoms with Crippen LogP contribution in [0.4, 0.5) is 10.5 Å². The zero-order chi connectivity index (χ0) is 23.8. The first-order valence-corrected chi connectivity index (χ1v) is 11.3. The fourth-order valence-electron chi connectivity index (χ4n) is 4.24. The second-order valence-corrected chi connectivity index (χ2v) is 8.69. The number of aromatic nitrogens is 2. The highest BCUT2D eigenvalue weighted by atomic mass is 16.5. The Balaban J connectivity index is 1.66. The predicted molar refractivity (Wildman–Crippen MR) is 133 cm³/mol. The van der Waals surface area contributed by atoms with Crippen molar-refractivity contribution in [3.05, 3.63) is 107 Å². The summed E-state index contributed by atoms with van der Waals surface area (Å²) in [6, 6.07) is 23.2. The van der Waals surface area contributed by atoms with Gasteiger partial charge in [-0.3, -0.25) is 4.90 Å². The summed E-state index contributed by atoms with van der Waals surface area (Å²) in [7, 11) is 0. The maximum atomic E-state index is 13.4. The molecule has 2 amide bonds. The van der Waals surface area contributed by atoms with Crippen LogP contribution in [0.1, 0.15) is 41.1 Å². The van der Waals surface area contributed by atoms with Gasteiger partial charge in [0.05, 0.1) is 17.3 Å². The number of benzene rings is 3. The van der Waals surface area contributed by atoms with Crippen molar-refractivity contribution in [1.29, 1.82) is 0 Å². The molecule has 170 valence electrons. The summed E-state index contributed by atoms with van der Waals surface area (Å²) >= 11 is 0. The van der Waals surface area contributed by atoms with Crippen LogP contribution >= 0.6 is 0 Å². The molecule has 1 aliphatic heterocycles. The monoisotopic (exact) mass is 450 g/mol. The summed E-state index contributed by atoms with van der Waals surface area (Å²) in [5, 5.41) is 7.39. The molecular formula is C28H26N4O2. The van der Waals surface area contributed by atoms with Gasteiger partial charge in [0, 0.05) is 11.3 Å². The van der Waals surface area contributed by atoms with Crippen molar-refractivity contribution in [1.82, 2.24) is 15.5 Å². The maximum absolute atomic E-state index is 13.4. The maximum Gasteiger partial charge on any atom is 0.326 e. The minimum atomic E-state index is -0.417. The Bertz CT molecular complexity index is 1390. The molecule has 0 radical (unpaired) electrons. The highest BCUT2D eigenvalue weighted by Crippen LogP contribution is 2.39. The van der Waals surface area contributed by atoms with E-state index < -0.39 is 6.04 Å². The molecule has 1 unspecified atom stereocenters. The van der Waals surface area contributed by atoms with Crippen LogP contribution in [0.25, 0.3) is 17.0 Å². The molecule has 1 N–H and O–H groups in total. The number of hydrogen-bond acceptors (Lipinski definition) is 4. The highest BCUT2D eigenvalue weighted by molar-refractivity contribution is 6.01. The van der Waals surface area contributed by atoms with Crippen molar-refractivity contribution in [3.63, 3.8) is 0 Å². The summed E-state index contributed by atoms with van der Waals surface area (Å²) in [5.74, 6) is 0.893. The highest BCUT2D eigenvalue weighted by Gasteiger charge is 2.36. The summed E-state index contributed by atoms with van der Waals surface area (Å²) in [5.41, 5.74) is 7.57. The molecule has 1 aliphatic rings. The average Bonchev–Trinajstić information content (AvgIpc) is 3.32. The molecule has 0 saturated heterocycles. The van der Waals surface area contributed by atoms with Crippen molar-refractivity contribution in [2.75, 3.05) is 4.90 Å². The van der Waals surface area contributed by atoms with Crippen molar-refractivity contribution in [2.24, 2.45) is 0 Å². The largest absolute Gasteiger partial charge is 0.334 e. The average molecular weight is 451 g/mol. The number of aryl methyl sites for hydroxylation is 3. The van der Waals surface area contributed by atoms with Crippen molar-refractivity contribution in [3.8, 4) is 11.4 Å². The number of anilines is 1. The molecule has 5 rings (SSSR count). The normalized spacial score (nSPS) is 16.1. The van der Waals surface area contributed by atoms with E-state index in [1.165, 1.54) is 5.56 Å². The Morgan fingerprint density at radius 1 is 0.882 bits per heavy atom. The smallest absolute Gasteiger partial charge is 0.326 e. The number of nitrogens with zero attached hydrogens (tertiary/aromatic N) is 3. The van der Waals surface area contributed by atoms with Crippen LogP contribution in [0.2, 0.25) is 0 Å². The molecule has 0 bridgehead atoms. The standard InChI is InChI=1S/C28H26N4O2/c1-17-10-13-21(14-11-17)25-24(27-30-26(31-34-27)22-8-6-5-7-9-22)20(4)32(28(33)29-25)23-15-12-18(2)19(3)16-23/h5-16,25H,1-4H3,(H,29,33). The summed E-state index contributed by atoms with van der Waals surface area (Å²) < 4.78 is 5.77. The molecule has 0 aliphatic carbocycles. The van der Waals surface area contributed by atoms with Gasteiger partial charge in [-0.05, 0) is 56.5 Å². The van der Waals surface area contributed by atoms with Gasteiger partial charge in [0.15, 0.2) is 0 Å². The number of urea groups is 1. The van der Waals surface area contributed by atoms with E-state index in [0.29, 0.717) is 11.7 Å². The molecule has 6 heteroatoms. The number of carbonyl (C=O) groups excluding carboxylic acids is 1. The Labute approximate surface area is 198 Å². The lowest BCUT2D eigenvalue weighted by atomic mass is 9.93. The third-order valence-electron chi connectivity index (χ3n) is 6.33. The van der Waals surface area contributed by atoms with Crippen LogP contribution in [-0.2, 0) is 0 Å². The minimum absolute atomic E-state index is 0.196. The van der Waals surface area contributed by atoms with Crippen LogP contribution in [0.15, 0.2) is 83.0 Å². The quantitative estimate of drug-likeness (QED) is 0.392. The van der Waals surface area contributed by atoms with Crippen molar-refractivity contribution in [2.45, 2.75) is 33.7 Å². The van der Waals surface area contributed by atoms with E-state index >= 15 is 0 Å². The first kappa shape index (κ1) is 21.6.